The first-order valence-corrected chi connectivity index (χ1v) is 11.1. The van der Waals surface area contributed by atoms with E-state index in [1.165, 1.54) is 24.3 Å². The first-order valence-electron chi connectivity index (χ1n) is 9.19. The van der Waals surface area contributed by atoms with E-state index in [0.717, 1.165) is 34.0 Å². The number of carbonyl (C=O) groups excluding carboxylic acids is 1. The number of carbonyl (C=O) groups is 1. The van der Waals surface area contributed by atoms with Crippen molar-refractivity contribution in [1.29, 1.82) is 0 Å². The fourth-order valence-corrected chi connectivity index (χ4v) is 3.95. The van der Waals surface area contributed by atoms with Gasteiger partial charge in [-0.1, -0.05) is 18.2 Å². The van der Waals surface area contributed by atoms with Gasteiger partial charge in [-0.2, -0.15) is 0 Å². The number of sulfone groups is 1. The van der Waals surface area contributed by atoms with Gasteiger partial charge in [-0.05, 0) is 61.2 Å². The summed E-state index contributed by atoms with van der Waals surface area (Å²) < 4.78 is 37.0. The van der Waals surface area contributed by atoms with E-state index in [1.807, 2.05) is 13.8 Å². The van der Waals surface area contributed by atoms with Crippen molar-refractivity contribution in [3.05, 3.63) is 70.7 Å². The highest BCUT2D eigenvalue weighted by molar-refractivity contribution is 7.90. The van der Waals surface area contributed by atoms with Crippen LogP contribution in [0.4, 0.5) is 4.39 Å². The van der Waals surface area contributed by atoms with Crippen LogP contribution in [-0.2, 0) is 21.1 Å². The summed E-state index contributed by atoms with van der Waals surface area (Å²) in [6.07, 6.45) is 4.76. The van der Waals surface area contributed by atoms with Crippen molar-refractivity contribution in [2.45, 2.75) is 25.2 Å². The van der Waals surface area contributed by atoms with Crippen molar-refractivity contribution >= 4 is 32.7 Å². The van der Waals surface area contributed by atoms with Gasteiger partial charge in [0.2, 0.25) is 5.91 Å². The summed E-state index contributed by atoms with van der Waals surface area (Å²) in [4.78, 5) is 15.4. The van der Waals surface area contributed by atoms with E-state index in [4.69, 9.17) is 0 Å². The van der Waals surface area contributed by atoms with Crippen LogP contribution in [0.15, 0.2) is 47.4 Å². The van der Waals surface area contributed by atoms with E-state index in [2.05, 4.69) is 10.3 Å². The molecule has 3 rings (SSSR count). The number of benzene rings is 2. The molecule has 1 heterocycles. The Hall–Kier alpha value is -2.93. The minimum absolute atomic E-state index is 0.236. The highest BCUT2D eigenvalue weighted by atomic mass is 32.2. The van der Waals surface area contributed by atoms with Gasteiger partial charge in [0.25, 0.3) is 0 Å². The van der Waals surface area contributed by atoms with Crippen LogP contribution in [0.3, 0.4) is 0 Å². The largest absolute Gasteiger partial charge is 0.356 e. The number of aromatic nitrogens is 1. The van der Waals surface area contributed by atoms with Crippen LogP contribution >= 0.6 is 0 Å². The molecule has 0 radical (unpaired) electrons. The molecule has 0 saturated carbocycles. The lowest BCUT2D eigenvalue weighted by Crippen LogP contribution is -2.23. The quantitative estimate of drug-likeness (QED) is 0.604. The Balaban J connectivity index is 1.62. The van der Waals surface area contributed by atoms with Crippen LogP contribution in [0.25, 0.3) is 17.0 Å². The second-order valence-corrected chi connectivity index (χ2v) is 9.07. The minimum atomic E-state index is -3.24. The number of hydrogen-bond donors (Lipinski definition) is 2. The Morgan fingerprint density at radius 1 is 1.14 bits per heavy atom. The predicted octanol–water partition coefficient (Wildman–Crippen LogP) is 3.70. The van der Waals surface area contributed by atoms with Crippen molar-refractivity contribution in [1.82, 2.24) is 10.3 Å². The summed E-state index contributed by atoms with van der Waals surface area (Å²) in [6.45, 7) is 4.25. The van der Waals surface area contributed by atoms with Crippen molar-refractivity contribution in [3.8, 4) is 0 Å². The van der Waals surface area contributed by atoms with E-state index in [1.54, 1.807) is 24.3 Å². The van der Waals surface area contributed by atoms with Gasteiger partial charge in [-0.3, -0.25) is 4.79 Å². The fourth-order valence-electron chi connectivity index (χ4n) is 3.32. The van der Waals surface area contributed by atoms with Crippen LogP contribution in [0.1, 0.15) is 22.4 Å². The Labute approximate surface area is 169 Å². The summed E-state index contributed by atoms with van der Waals surface area (Å²) in [7, 11) is -3.24. The van der Waals surface area contributed by atoms with Crippen molar-refractivity contribution in [3.63, 3.8) is 0 Å². The highest BCUT2D eigenvalue weighted by Gasteiger charge is 2.13. The van der Waals surface area contributed by atoms with Gasteiger partial charge in [-0.15, -0.1) is 0 Å². The second-order valence-electron chi connectivity index (χ2n) is 7.06. The molecular formula is C22H23FN2O3S. The van der Waals surface area contributed by atoms with Gasteiger partial charge < -0.3 is 10.3 Å². The molecule has 0 unspecified atom stereocenters. The van der Waals surface area contributed by atoms with E-state index in [9.17, 15) is 17.6 Å². The Kier molecular flexibility index (Phi) is 5.88. The average molecular weight is 415 g/mol. The topological polar surface area (TPSA) is 79.0 Å². The van der Waals surface area contributed by atoms with E-state index >= 15 is 0 Å². The van der Waals surface area contributed by atoms with Crippen molar-refractivity contribution in [2.75, 3.05) is 12.8 Å². The molecular weight excluding hydrogens is 391 g/mol. The van der Waals surface area contributed by atoms with Gasteiger partial charge in [0.05, 0.1) is 10.4 Å². The Morgan fingerprint density at radius 3 is 2.48 bits per heavy atom. The molecule has 0 saturated heterocycles. The zero-order valence-electron chi connectivity index (χ0n) is 16.5. The predicted molar refractivity (Wildman–Crippen MR) is 113 cm³/mol. The summed E-state index contributed by atoms with van der Waals surface area (Å²) in [6, 6.07) is 9.51. The number of amides is 1. The molecule has 2 N–H and O–H groups in total. The highest BCUT2D eigenvalue weighted by Crippen LogP contribution is 2.27. The van der Waals surface area contributed by atoms with Crippen molar-refractivity contribution < 1.29 is 17.6 Å². The average Bonchev–Trinajstić information content (AvgIpc) is 3.00. The summed E-state index contributed by atoms with van der Waals surface area (Å²) in [5, 5.41) is 3.70. The molecule has 0 aliphatic carbocycles. The SMILES string of the molecule is Cc1[nH]c2c(F)ccc(C)c2c1CCNC(=O)C=Cc1ccc(S(C)(=O)=O)cc1. The Morgan fingerprint density at radius 2 is 1.83 bits per heavy atom. The van der Waals surface area contributed by atoms with Gasteiger partial charge in [-0.25, -0.2) is 12.8 Å². The molecule has 0 atom stereocenters. The van der Waals surface area contributed by atoms with E-state index in [0.29, 0.717) is 18.5 Å². The molecule has 7 heteroatoms. The number of fused-ring (bicyclic) bond motifs is 1. The number of halogens is 1. The van der Waals surface area contributed by atoms with Crippen LogP contribution < -0.4 is 5.32 Å². The maximum Gasteiger partial charge on any atom is 0.244 e. The third-order valence-corrected chi connectivity index (χ3v) is 5.97. The van der Waals surface area contributed by atoms with E-state index in [-0.39, 0.29) is 16.6 Å². The lowest BCUT2D eigenvalue weighted by molar-refractivity contribution is -0.116. The molecule has 0 aliphatic rings. The second kappa shape index (κ2) is 8.21. The third kappa shape index (κ3) is 4.74. The number of H-pyrrole nitrogens is 1. The smallest absolute Gasteiger partial charge is 0.244 e. The molecule has 0 fully saturated rings. The molecule has 29 heavy (non-hydrogen) atoms. The van der Waals surface area contributed by atoms with Gasteiger partial charge in [0.1, 0.15) is 5.82 Å². The molecule has 0 bridgehead atoms. The van der Waals surface area contributed by atoms with Crippen LogP contribution in [0, 0.1) is 19.7 Å². The summed E-state index contributed by atoms with van der Waals surface area (Å²) in [5.41, 5.74) is 4.11. The maximum absolute atomic E-state index is 14.0. The molecule has 152 valence electrons. The molecule has 1 amide bonds. The molecule has 0 spiro atoms. The standard InChI is InChI=1S/C22H23FN2O3S/c1-14-4-10-19(23)22-21(14)18(15(2)25-22)12-13-24-20(26)11-7-16-5-8-17(9-6-16)29(3,27)28/h4-11,25H,12-13H2,1-3H3,(H,24,26). The van der Waals surface area contributed by atoms with Crippen LogP contribution in [0.2, 0.25) is 0 Å². The molecule has 2 aromatic carbocycles. The van der Waals surface area contributed by atoms with E-state index < -0.39 is 9.84 Å². The first-order chi connectivity index (χ1) is 13.7. The van der Waals surface area contributed by atoms with Gasteiger partial charge in [0, 0.05) is 30.0 Å². The minimum Gasteiger partial charge on any atom is -0.356 e. The molecule has 1 aromatic heterocycles. The first kappa shape index (κ1) is 20.8. The lowest BCUT2D eigenvalue weighted by Gasteiger charge is -2.05. The zero-order valence-corrected chi connectivity index (χ0v) is 17.4. The van der Waals surface area contributed by atoms with Crippen molar-refractivity contribution in [2.24, 2.45) is 0 Å². The molecule has 3 aromatic rings. The normalized spacial score (nSPS) is 12.0. The Bertz CT molecular complexity index is 1190. The number of hydrogen-bond acceptors (Lipinski definition) is 3. The number of nitrogens with one attached hydrogen (secondary N) is 2. The van der Waals surface area contributed by atoms with Crippen LogP contribution in [-0.4, -0.2) is 32.1 Å². The lowest BCUT2D eigenvalue weighted by atomic mass is 10.0. The number of aryl methyl sites for hydroxylation is 2. The molecule has 0 aliphatic heterocycles. The molecule has 5 nitrogen and oxygen atoms in total. The number of aromatic amines is 1. The third-order valence-electron chi connectivity index (χ3n) is 4.84. The zero-order chi connectivity index (χ0) is 21.2. The monoisotopic (exact) mass is 414 g/mol. The fraction of sp³-hybridized carbons (Fsp3) is 0.227. The van der Waals surface area contributed by atoms with Gasteiger partial charge >= 0.3 is 0 Å². The van der Waals surface area contributed by atoms with Crippen LogP contribution in [0.5, 0.6) is 0 Å². The summed E-state index contributed by atoms with van der Waals surface area (Å²) >= 11 is 0. The number of rotatable bonds is 6. The van der Waals surface area contributed by atoms with Gasteiger partial charge in [0.15, 0.2) is 9.84 Å². The summed E-state index contributed by atoms with van der Waals surface area (Å²) in [5.74, 6) is -0.536. The maximum atomic E-state index is 14.0.